The molecule has 4 nitrogen and oxygen atoms in total. The lowest BCUT2D eigenvalue weighted by molar-refractivity contribution is -0.158. The van der Waals surface area contributed by atoms with Crippen LogP contribution in [-0.4, -0.2) is 43.1 Å². The molecule has 1 aliphatic carbocycles. The summed E-state index contributed by atoms with van der Waals surface area (Å²) in [5, 5.41) is 3.14. The van der Waals surface area contributed by atoms with E-state index in [1.165, 1.54) is 5.56 Å². The second-order valence-corrected chi connectivity index (χ2v) is 6.86. The summed E-state index contributed by atoms with van der Waals surface area (Å²) in [6.45, 7) is 1.38. The predicted octanol–water partition coefficient (Wildman–Crippen LogP) is 2.37. The maximum atomic E-state index is 12.1. The summed E-state index contributed by atoms with van der Waals surface area (Å²) in [5.74, 6) is 1.51. The first kappa shape index (κ1) is 15.8. The van der Waals surface area contributed by atoms with Gasteiger partial charge in [0.25, 0.3) is 0 Å². The monoisotopic (exact) mass is 321 g/mol. The lowest BCUT2D eigenvalue weighted by atomic mass is 9.89. The topological polar surface area (TPSA) is 47.6 Å². The van der Waals surface area contributed by atoms with Gasteiger partial charge in [0, 0.05) is 11.8 Å². The number of amides is 1. The van der Waals surface area contributed by atoms with Crippen LogP contribution in [-0.2, 0) is 20.0 Å². The number of carbonyl (C=O) groups is 1. The Morgan fingerprint density at radius 3 is 2.73 bits per heavy atom. The van der Waals surface area contributed by atoms with Crippen molar-refractivity contribution in [1.82, 2.24) is 5.32 Å². The molecule has 120 valence electrons. The van der Waals surface area contributed by atoms with Gasteiger partial charge < -0.3 is 14.8 Å². The van der Waals surface area contributed by atoms with E-state index in [4.69, 9.17) is 9.47 Å². The molecule has 0 unspecified atom stereocenters. The molecule has 1 aromatic rings. The van der Waals surface area contributed by atoms with Crippen LogP contribution < -0.4 is 5.32 Å². The summed E-state index contributed by atoms with van der Waals surface area (Å²) in [6.07, 6.45) is 3.23. The van der Waals surface area contributed by atoms with Crippen molar-refractivity contribution in [2.24, 2.45) is 0 Å². The molecule has 3 atom stereocenters. The average molecular weight is 321 g/mol. The Morgan fingerprint density at radius 1 is 1.14 bits per heavy atom. The molecule has 1 aromatic carbocycles. The summed E-state index contributed by atoms with van der Waals surface area (Å²) < 4.78 is 11.5. The Morgan fingerprint density at radius 2 is 1.91 bits per heavy atom. The fourth-order valence-electron chi connectivity index (χ4n) is 3.10. The van der Waals surface area contributed by atoms with Gasteiger partial charge in [0.15, 0.2) is 0 Å². The molecule has 1 aliphatic heterocycles. The molecule has 0 radical (unpaired) electrons. The van der Waals surface area contributed by atoms with E-state index < -0.39 is 0 Å². The Bertz CT molecular complexity index is 482. The summed E-state index contributed by atoms with van der Waals surface area (Å²) in [4.78, 5) is 12.1. The van der Waals surface area contributed by atoms with E-state index >= 15 is 0 Å². The van der Waals surface area contributed by atoms with Gasteiger partial charge >= 0.3 is 0 Å². The number of rotatable bonds is 5. The van der Waals surface area contributed by atoms with Crippen LogP contribution in [0, 0.1) is 0 Å². The van der Waals surface area contributed by atoms with Gasteiger partial charge in [-0.3, -0.25) is 4.79 Å². The zero-order valence-corrected chi connectivity index (χ0v) is 13.5. The molecule has 2 aliphatic rings. The summed E-state index contributed by atoms with van der Waals surface area (Å²) in [6, 6.07) is 10.5. The van der Waals surface area contributed by atoms with Crippen LogP contribution in [0.15, 0.2) is 30.3 Å². The third-order valence-corrected chi connectivity index (χ3v) is 5.19. The molecule has 1 amide bonds. The number of ether oxygens (including phenoxy) is 2. The molecule has 0 aromatic heterocycles. The number of hydrogen-bond acceptors (Lipinski definition) is 4. The highest BCUT2D eigenvalue weighted by Gasteiger charge is 2.34. The highest BCUT2D eigenvalue weighted by Crippen LogP contribution is 2.26. The second-order valence-electron chi connectivity index (χ2n) is 5.87. The van der Waals surface area contributed by atoms with Gasteiger partial charge in [-0.15, -0.1) is 11.8 Å². The normalized spacial score (nSPS) is 27.9. The number of hydrogen-bond donors (Lipinski definition) is 1. The SMILES string of the molecule is O=C(CSCc1ccccc1)N[C@@H]1CC[C@H]2OCCO[C@H]2C1. The Hall–Kier alpha value is -1.04. The lowest BCUT2D eigenvalue weighted by Gasteiger charge is -2.39. The third kappa shape index (κ3) is 4.48. The van der Waals surface area contributed by atoms with Crippen molar-refractivity contribution in [3.63, 3.8) is 0 Å². The third-order valence-electron chi connectivity index (χ3n) is 4.19. The molecule has 3 rings (SSSR count). The van der Waals surface area contributed by atoms with Gasteiger partial charge in [-0.2, -0.15) is 0 Å². The predicted molar refractivity (Wildman–Crippen MR) is 87.9 cm³/mol. The molecule has 5 heteroatoms. The van der Waals surface area contributed by atoms with Crippen LogP contribution in [0.2, 0.25) is 0 Å². The summed E-state index contributed by atoms with van der Waals surface area (Å²) in [7, 11) is 0. The maximum Gasteiger partial charge on any atom is 0.230 e. The molecule has 0 bridgehead atoms. The first-order valence-electron chi connectivity index (χ1n) is 7.95. The first-order valence-corrected chi connectivity index (χ1v) is 9.11. The van der Waals surface area contributed by atoms with Crippen LogP contribution in [0.4, 0.5) is 0 Å². The minimum absolute atomic E-state index is 0.126. The van der Waals surface area contributed by atoms with Crippen LogP contribution >= 0.6 is 11.8 Å². The van der Waals surface area contributed by atoms with E-state index in [1.807, 2.05) is 18.2 Å². The standard InChI is InChI=1S/C17H23NO3S/c19-17(12-22-11-13-4-2-1-3-5-13)18-14-6-7-15-16(10-14)21-9-8-20-15/h1-5,14-16H,6-12H2,(H,18,19)/t14-,15-,16+/m1/s1. The van der Waals surface area contributed by atoms with Gasteiger partial charge in [0.1, 0.15) is 0 Å². The summed E-state index contributed by atoms with van der Waals surface area (Å²) in [5.41, 5.74) is 1.26. The molecule has 1 N–H and O–H groups in total. The average Bonchev–Trinajstić information content (AvgIpc) is 2.56. The largest absolute Gasteiger partial charge is 0.373 e. The van der Waals surface area contributed by atoms with Gasteiger partial charge in [-0.05, 0) is 24.8 Å². The Labute approximate surface area is 135 Å². The molecule has 1 heterocycles. The maximum absolute atomic E-state index is 12.1. The summed E-state index contributed by atoms with van der Waals surface area (Å²) >= 11 is 1.66. The van der Waals surface area contributed by atoms with Gasteiger partial charge in [-0.1, -0.05) is 30.3 Å². The highest BCUT2D eigenvalue weighted by molar-refractivity contribution is 7.99. The van der Waals surface area contributed by atoms with Gasteiger partial charge in [0.2, 0.25) is 5.91 Å². The Balaban J connectivity index is 1.37. The highest BCUT2D eigenvalue weighted by atomic mass is 32.2. The second kappa shape index (κ2) is 7.99. The number of thioether (sulfide) groups is 1. The van der Waals surface area contributed by atoms with E-state index in [2.05, 4.69) is 17.4 Å². The molecular formula is C17H23NO3S. The number of nitrogens with one attached hydrogen (secondary N) is 1. The molecule has 1 saturated carbocycles. The zero-order chi connectivity index (χ0) is 15.2. The fourth-order valence-corrected chi connectivity index (χ4v) is 3.90. The van der Waals surface area contributed by atoms with Crippen molar-refractivity contribution in [3.05, 3.63) is 35.9 Å². The van der Waals surface area contributed by atoms with Crippen LogP contribution in [0.25, 0.3) is 0 Å². The van der Waals surface area contributed by atoms with Crippen molar-refractivity contribution < 1.29 is 14.3 Å². The van der Waals surface area contributed by atoms with Crippen LogP contribution in [0.5, 0.6) is 0 Å². The van der Waals surface area contributed by atoms with Crippen molar-refractivity contribution in [1.29, 1.82) is 0 Å². The number of fused-ring (bicyclic) bond motifs is 1. The molecule has 1 saturated heterocycles. The number of carbonyl (C=O) groups excluding carboxylic acids is 1. The Kier molecular flexibility index (Phi) is 5.76. The quantitative estimate of drug-likeness (QED) is 0.904. The van der Waals surface area contributed by atoms with E-state index in [0.717, 1.165) is 25.0 Å². The fraction of sp³-hybridized carbons (Fsp3) is 0.588. The van der Waals surface area contributed by atoms with Crippen molar-refractivity contribution in [2.45, 2.75) is 43.3 Å². The lowest BCUT2D eigenvalue weighted by Crippen LogP contribution is -2.49. The van der Waals surface area contributed by atoms with Crippen molar-refractivity contribution in [2.75, 3.05) is 19.0 Å². The van der Waals surface area contributed by atoms with E-state index in [-0.39, 0.29) is 24.2 Å². The molecule has 0 spiro atoms. The first-order chi connectivity index (χ1) is 10.8. The zero-order valence-electron chi connectivity index (χ0n) is 12.7. The smallest absolute Gasteiger partial charge is 0.230 e. The van der Waals surface area contributed by atoms with Crippen LogP contribution in [0.3, 0.4) is 0 Å². The molecule has 22 heavy (non-hydrogen) atoms. The minimum atomic E-state index is 0.126. The molecular weight excluding hydrogens is 298 g/mol. The van der Waals surface area contributed by atoms with Crippen molar-refractivity contribution >= 4 is 17.7 Å². The van der Waals surface area contributed by atoms with Crippen LogP contribution in [0.1, 0.15) is 24.8 Å². The van der Waals surface area contributed by atoms with Gasteiger partial charge in [0.05, 0.1) is 31.2 Å². The number of benzene rings is 1. The van der Waals surface area contributed by atoms with Crippen molar-refractivity contribution in [3.8, 4) is 0 Å². The molecule has 2 fully saturated rings. The van der Waals surface area contributed by atoms with E-state index in [1.54, 1.807) is 11.8 Å². The van der Waals surface area contributed by atoms with E-state index in [9.17, 15) is 4.79 Å². The minimum Gasteiger partial charge on any atom is -0.373 e. The van der Waals surface area contributed by atoms with E-state index in [0.29, 0.717) is 19.0 Å². The van der Waals surface area contributed by atoms with Gasteiger partial charge in [-0.25, -0.2) is 0 Å².